The molecule has 1 aliphatic heterocycles. The summed E-state index contributed by atoms with van der Waals surface area (Å²) in [6, 6.07) is 17.1. The maximum Gasteiger partial charge on any atom is 0.223 e. The van der Waals surface area contributed by atoms with Crippen LogP contribution in [0.15, 0.2) is 66.9 Å². The van der Waals surface area contributed by atoms with Gasteiger partial charge in [0.05, 0.1) is 5.02 Å². The van der Waals surface area contributed by atoms with Gasteiger partial charge in [-0.15, -0.1) is 0 Å². The zero-order valence-corrected chi connectivity index (χ0v) is 17.7. The molecule has 0 atom stereocenters. The number of benzene rings is 2. The van der Waals surface area contributed by atoms with E-state index in [4.69, 9.17) is 16.3 Å². The van der Waals surface area contributed by atoms with Gasteiger partial charge in [0.15, 0.2) is 0 Å². The molecule has 0 unspecified atom stereocenters. The van der Waals surface area contributed by atoms with Crippen molar-refractivity contribution in [3.8, 4) is 11.5 Å². The zero-order valence-electron chi connectivity index (χ0n) is 16.9. The molecule has 1 N–H and O–H groups in total. The largest absolute Gasteiger partial charge is 0.457 e. The van der Waals surface area contributed by atoms with Gasteiger partial charge < -0.3 is 15.0 Å². The summed E-state index contributed by atoms with van der Waals surface area (Å²) in [5.41, 5.74) is 0.989. The van der Waals surface area contributed by atoms with Gasteiger partial charge in [0.25, 0.3) is 0 Å². The van der Waals surface area contributed by atoms with E-state index in [2.05, 4.69) is 15.2 Å². The highest BCUT2D eigenvalue weighted by atomic mass is 35.5. The van der Waals surface area contributed by atoms with Crippen LogP contribution in [0.3, 0.4) is 0 Å². The second kappa shape index (κ2) is 9.79. The van der Waals surface area contributed by atoms with E-state index in [-0.39, 0.29) is 17.6 Å². The van der Waals surface area contributed by atoms with Gasteiger partial charge in [-0.3, -0.25) is 4.79 Å². The molecule has 1 saturated heterocycles. The van der Waals surface area contributed by atoms with Crippen LogP contribution in [0.25, 0.3) is 0 Å². The molecule has 7 heteroatoms. The minimum atomic E-state index is -0.300. The maximum atomic E-state index is 13.0. The number of carbonyl (C=O) groups excluding carboxylic acids is 1. The molecule has 1 aromatic heterocycles. The lowest BCUT2D eigenvalue weighted by Crippen LogP contribution is -2.40. The average Bonchev–Trinajstić information content (AvgIpc) is 2.80. The predicted octanol–water partition coefficient (Wildman–Crippen LogP) is 5.20. The minimum Gasteiger partial charge on any atom is -0.457 e. The first kappa shape index (κ1) is 21.1. The first-order valence-electron chi connectivity index (χ1n) is 10.2. The summed E-state index contributed by atoms with van der Waals surface area (Å²) in [5, 5.41) is 3.65. The van der Waals surface area contributed by atoms with Crippen LogP contribution in [0, 0.1) is 11.7 Å². The highest BCUT2D eigenvalue weighted by Gasteiger charge is 2.25. The fourth-order valence-electron chi connectivity index (χ4n) is 3.57. The number of nitrogens with zero attached hydrogens (tertiary/aromatic N) is 2. The van der Waals surface area contributed by atoms with Gasteiger partial charge in [-0.2, -0.15) is 0 Å². The van der Waals surface area contributed by atoms with Crippen molar-refractivity contribution < 1.29 is 13.9 Å². The number of rotatable bonds is 6. The summed E-state index contributed by atoms with van der Waals surface area (Å²) in [4.78, 5) is 19.1. The second-order valence-corrected chi connectivity index (χ2v) is 7.95. The molecule has 0 radical (unpaired) electrons. The van der Waals surface area contributed by atoms with Crippen LogP contribution in [-0.4, -0.2) is 24.0 Å². The number of amides is 1. The Hall–Kier alpha value is -3.12. The van der Waals surface area contributed by atoms with Crippen molar-refractivity contribution in [2.24, 2.45) is 5.92 Å². The molecule has 1 fully saturated rings. The van der Waals surface area contributed by atoms with Crippen molar-refractivity contribution >= 4 is 23.3 Å². The summed E-state index contributed by atoms with van der Waals surface area (Å²) in [7, 11) is 0. The fraction of sp³-hybridized carbons (Fsp3) is 0.250. The monoisotopic (exact) mass is 439 g/mol. The number of hydrogen-bond acceptors (Lipinski definition) is 4. The van der Waals surface area contributed by atoms with Crippen LogP contribution in [-0.2, 0) is 11.3 Å². The molecule has 1 aliphatic rings. The Labute approximate surface area is 185 Å². The number of ether oxygens (including phenoxy) is 1. The Bertz CT molecular complexity index is 1000. The molecule has 5 nitrogen and oxygen atoms in total. The molecule has 2 aromatic carbocycles. The molecular weight excluding hydrogens is 417 g/mol. The van der Waals surface area contributed by atoms with E-state index in [1.165, 1.54) is 12.1 Å². The summed E-state index contributed by atoms with van der Waals surface area (Å²) in [6.07, 6.45) is 3.23. The molecule has 1 amide bonds. The lowest BCUT2D eigenvalue weighted by Gasteiger charge is -2.32. The SMILES string of the molecule is O=C(NCc1ccc(Oc2ccc(F)cc2)cc1)C1CCN(c2ccc(Cl)cn2)CC1. The molecule has 0 aliphatic carbocycles. The number of pyridine rings is 1. The number of aromatic nitrogens is 1. The third-order valence-electron chi connectivity index (χ3n) is 5.34. The van der Waals surface area contributed by atoms with Crippen molar-refractivity contribution in [3.63, 3.8) is 0 Å². The molecule has 160 valence electrons. The quantitative estimate of drug-likeness (QED) is 0.573. The van der Waals surface area contributed by atoms with Crippen molar-refractivity contribution in [3.05, 3.63) is 83.3 Å². The van der Waals surface area contributed by atoms with Gasteiger partial charge in [-0.05, 0) is 66.9 Å². The van der Waals surface area contributed by atoms with E-state index in [1.807, 2.05) is 36.4 Å². The number of halogens is 2. The van der Waals surface area contributed by atoms with Crippen molar-refractivity contribution in [2.45, 2.75) is 19.4 Å². The molecule has 2 heterocycles. The lowest BCUT2D eigenvalue weighted by atomic mass is 9.96. The normalized spacial score (nSPS) is 14.3. The van der Waals surface area contributed by atoms with Crippen LogP contribution < -0.4 is 15.0 Å². The van der Waals surface area contributed by atoms with Crippen LogP contribution in [0.4, 0.5) is 10.2 Å². The van der Waals surface area contributed by atoms with Crippen LogP contribution in [0.1, 0.15) is 18.4 Å². The molecule has 0 bridgehead atoms. The van der Waals surface area contributed by atoms with Crippen molar-refractivity contribution in [2.75, 3.05) is 18.0 Å². The molecule has 0 saturated carbocycles. The van der Waals surface area contributed by atoms with E-state index < -0.39 is 0 Å². The summed E-state index contributed by atoms with van der Waals surface area (Å²) in [6.45, 7) is 2.05. The summed E-state index contributed by atoms with van der Waals surface area (Å²) < 4.78 is 18.7. The van der Waals surface area contributed by atoms with Crippen LogP contribution in [0.2, 0.25) is 5.02 Å². The number of nitrogens with one attached hydrogen (secondary N) is 1. The Balaban J connectivity index is 1.23. The number of anilines is 1. The van der Waals surface area contributed by atoms with Crippen molar-refractivity contribution in [1.29, 1.82) is 0 Å². The van der Waals surface area contributed by atoms with Gasteiger partial charge >= 0.3 is 0 Å². The number of piperidine rings is 1. The smallest absolute Gasteiger partial charge is 0.223 e. The zero-order chi connectivity index (χ0) is 21.6. The Morgan fingerprint density at radius 1 is 1.03 bits per heavy atom. The fourth-order valence-corrected chi connectivity index (χ4v) is 3.69. The standard InChI is InChI=1S/C24H23ClFN3O2/c25-19-3-10-23(27-16-19)29-13-11-18(12-14-29)24(30)28-15-17-1-6-21(7-2-17)31-22-8-4-20(26)5-9-22/h1-10,16,18H,11-15H2,(H,28,30). The highest BCUT2D eigenvalue weighted by molar-refractivity contribution is 6.30. The Morgan fingerprint density at radius 2 is 1.68 bits per heavy atom. The van der Waals surface area contributed by atoms with E-state index in [0.717, 1.165) is 37.3 Å². The van der Waals surface area contributed by atoms with Gasteiger partial charge in [-0.25, -0.2) is 9.37 Å². The summed E-state index contributed by atoms with van der Waals surface area (Å²) in [5.74, 6) is 1.91. The van der Waals surface area contributed by atoms with Gasteiger partial charge in [0.1, 0.15) is 23.1 Å². The lowest BCUT2D eigenvalue weighted by molar-refractivity contribution is -0.125. The molecule has 4 rings (SSSR count). The maximum absolute atomic E-state index is 13.0. The van der Waals surface area contributed by atoms with Gasteiger partial charge in [0.2, 0.25) is 5.91 Å². The molecular formula is C24H23ClFN3O2. The third kappa shape index (κ3) is 5.73. The molecule has 0 spiro atoms. The molecule has 3 aromatic rings. The molecule has 31 heavy (non-hydrogen) atoms. The first-order valence-corrected chi connectivity index (χ1v) is 10.6. The van der Waals surface area contributed by atoms with Gasteiger partial charge in [0, 0.05) is 31.7 Å². The Morgan fingerprint density at radius 3 is 2.29 bits per heavy atom. The first-order chi connectivity index (χ1) is 15.1. The number of hydrogen-bond donors (Lipinski definition) is 1. The highest BCUT2D eigenvalue weighted by Crippen LogP contribution is 2.24. The predicted molar refractivity (Wildman–Crippen MR) is 119 cm³/mol. The Kier molecular flexibility index (Phi) is 6.67. The minimum absolute atomic E-state index is 0.00429. The second-order valence-electron chi connectivity index (χ2n) is 7.51. The number of carbonyl (C=O) groups is 1. The van der Waals surface area contributed by atoms with Crippen LogP contribution >= 0.6 is 11.6 Å². The van der Waals surface area contributed by atoms with E-state index in [0.29, 0.717) is 23.1 Å². The van der Waals surface area contributed by atoms with Gasteiger partial charge in [-0.1, -0.05) is 23.7 Å². The van der Waals surface area contributed by atoms with E-state index >= 15 is 0 Å². The topological polar surface area (TPSA) is 54.5 Å². The summed E-state index contributed by atoms with van der Waals surface area (Å²) >= 11 is 5.90. The average molecular weight is 440 g/mol. The van der Waals surface area contributed by atoms with E-state index in [1.54, 1.807) is 18.3 Å². The van der Waals surface area contributed by atoms with Crippen LogP contribution in [0.5, 0.6) is 11.5 Å². The van der Waals surface area contributed by atoms with Crippen molar-refractivity contribution in [1.82, 2.24) is 10.3 Å². The van der Waals surface area contributed by atoms with E-state index in [9.17, 15) is 9.18 Å². The third-order valence-corrected chi connectivity index (χ3v) is 5.56.